The van der Waals surface area contributed by atoms with E-state index >= 15 is 0 Å². The SMILES string of the molecule is CCc1ccc2nc(Nc3ncccc3C3CCN(C(=O)COC)CC3)sc2n1. The van der Waals surface area contributed by atoms with Crippen LogP contribution in [0.15, 0.2) is 30.5 Å². The topological polar surface area (TPSA) is 80.2 Å². The number of amides is 1. The highest BCUT2D eigenvalue weighted by molar-refractivity contribution is 7.21. The lowest BCUT2D eigenvalue weighted by Crippen LogP contribution is -2.39. The van der Waals surface area contributed by atoms with Gasteiger partial charge in [0, 0.05) is 32.1 Å². The van der Waals surface area contributed by atoms with Crippen molar-refractivity contribution in [2.75, 3.05) is 32.1 Å². The molecule has 3 aromatic heterocycles. The number of pyridine rings is 2. The number of carbonyl (C=O) groups excluding carboxylic acids is 1. The molecule has 3 aromatic rings. The Bertz CT molecular complexity index is 998. The van der Waals surface area contributed by atoms with Crippen LogP contribution in [0.3, 0.4) is 0 Å². The Morgan fingerprint density at radius 3 is 2.86 bits per heavy atom. The summed E-state index contributed by atoms with van der Waals surface area (Å²) in [4.78, 5) is 28.8. The van der Waals surface area contributed by atoms with Crippen molar-refractivity contribution in [3.63, 3.8) is 0 Å². The molecule has 152 valence electrons. The Balaban J connectivity index is 1.50. The number of likely N-dealkylation sites (tertiary alicyclic amines) is 1. The predicted molar refractivity (Wildman–Crippen MR) is 115 cm³/mol. The molecule has 7 nitrogen and oxygen atoms in total. The first kappa shape index (κ1) is 19.7. The number of anilines is 2. The minimum Gasteiger partial charge on any atom is -0.375 e. The number of carbonyl (C=O) groups is 1. The van der Waals surface area contributed by atoms with Crippen LogP contribution in [0.5, 0.6) is 0 Å². The molecule has 4 rings (SSSR count). The fourth-order valence-electron chi connectivity index (χ4n) is 3.71. The number of nitrogens with one attached hydrogen (secondary N) is 1. The molecular formula is C21H25N5O2S. The van der Waals surface area contributed by atoms with Crippen LogP contribution in [0.2, 0.25) is 0 Å². The summed E-state index contributed by atoms with van der Waals surface area (Å²) < 4.78 is 4.97. The molecule has 1 N–H and O–H groups in total. The van der Waals surface area contributed by atoms with Gasteiger partial charge in [-0.1, -0.05) is 24.3 Å². The molecule has 1 fully saturated rings. The maximum Gasteiger partial charge on any atom is 0.248 e. The number of hydrogen-bond donors (Lipinski definition) is 1. The molecule has 1 amide bonds. The van der Waals surface area contributed by atoms with Crippen LogP contribution in [0.25, 0.3) is 10.3 Å². The van der Waals surface area contributed by atoms with Crippen molar-refractivity contribution in [3.8, 4) is 0 Å². The highest BCUT2D eigenvalue weighted by Gasteiger charge is 2.25. The Morgan fingerprint density at radius 2 is 2.10 bits per heavy atom. The van der Waals surface area contributed by atoms with Gasteiger partial charge in [-0.05, 0) is 48.9 Å². The van der Waals surface area contributed by atoms with Crippen molar-refractivity contribution in [2.24, 2.45) is 0 Å². The first-order valence-corrected chi connectivity index (χ1v) is 10.7. The van der Waals surface area contributed by atoms with Crippen LogP contribution in [-0.4, -0.2) is 52.6 Å². The molecule has 0 aliphatic carbocycles. The lowest BCUT2D eigenvalue weighted by Gasteiger charge is -2.32. The van der Waals surface area contributed by atoms with Gasteiger partial charge in [-0.15, -0.1) is 0 Å². The zero-order valence-electron chi connectivity index (χ0n) is 16.7. The Kier molecular flexibility index (Phi) is 6.01. The quantitative estimate of drug-likeness (QED) is 0.665. The van der Waals surface area contributed by atoms with Gasteiger partial charge in [-0.3, -0.25) is 4.79 Å². The molecule has 1 aliphatic heterocycles. The van der Waals surface area contributed by atoms with Gasteiger partial charge in [0.05, 0.1) is 0 Å². The molecule has 0 radical (unpaired) electrons. The summed E-state index contributed by atoms with van der Waals surface area (Å²) in [6.07, 6.45) is 4.53. The number of hydrogen-bond acceptors (Lipinski definition) is 7. The molecule has 1 saturated heterocycles. The van der Waals surface area contributed by atoms with Gasteiger partial charge in [0.2, 0.25) is 5.91 Å². The molecule has 0 aromatic carbocycles. The highest BCUT2D eigenvalue weighted by atomic mass is 32.1. The maximum absolute atomic E-state index is 12.0. The van der Waals surface area contributed by atoms with Crippen LogP contribution in [0.1, 0.15) is 36.9 Å². The van der Waals surface area contributed by atoms with Gasteiger partial charge in [0.1, 0.15) is 22.8 Å². The largest absolute Gasteiger partial charge is 0.375 e. The van der Waals surface area contributed by atoms with Crippen LogP contribution in [0, 0.1) is 0 Å². The normalized spacial score (nSPS) is 15.0. The third-order valence-corrected chi connectivity index (χ3v) is 6.18. The van der Waals surface area contributed by atoms with Crippen molar-refractivity contribution in [3.05, 3.63) is 41.7 Å². The van der Waals surface area contributed by atoms with Crippen LogP contribution < -0.4 is 5.32 Å². The third-order valence-electron chi connectivity index (χ3n) is 5.30. The zero-order valence-corrected chi connectivity index (χ0v) is 17.5. The van der Waals surface area contributed by atoms with Crippen molar-refractivity contribution in [1.29, 1.82) is 0 Å². The second-order valence-corrected chi connectivity index (χ2v) is 8.13. The predicted octanol–water partition coefficient (Wildman–Crippen LogP) is 3.74. The molecule has 0 saturated carbocycles. The number of thiazole rings is 1. The van der Waals surface area contributed by atoms with E-state index in [1.807, 2.05) is 23.1 Å². The second-order valence-electron chi connectivity index (χ2n) is 7.15. The lowest BCUT2D eigenvalue weighted by atomic mass is 9.89. The van der Waals surface area contributed by atoms with Crippen LogP contribution in [0.4, 0.5) is 10.9 Å². The smallest absolute Gasteiger partial charge is 0.248 e. The Morgan fingerprint density at radius 1 is 1.28 bits per heavy atom. The van der Waals surface area contributed by atoms with E-state index in [0.29, 0.717) is 5.92 Å². The lowest BCUT2D eigenvalue weighted by molar-refractivity contribution is -0.136. The Hall–Kier alpha value is -2.58. The van der Waals surface area contributed by atoms with Crippen molar-refractivity contribution in [1.82, 2.24) is 19.9 Å². The van der Waals surface area contributed by atoms with Crippen molar-refractivity contribution in [2.45, 2.75) is 32.1 Å². The van der Waals surface area contributed by atoms with Gasteiger partial charge >= 0.3 is 0 Å². The summed E-state index contributed by atoms with van der Waals surface area (Å²) in [5.74, 6) is 1.25. The van der Waals surface area contributed by atoms with Gasteiger partial charge < -0.3 is 15.0 Å². The minimum absolute atomic E-state index is 0.0592. The second kappa shape index (κ2) is 8.84. The standard InChI is InChI=1S/C21H25N5O2S/c1-3-15-6-7-17-20(23-15)29-21(24-17)25-19-16(5-4-10-22-19)14-8-11-26(12-9-14)18(27)13-28-2/h4-7,10,14H,3,8-9,11-13H2,1-2H3,(H,22,24,25). The van der Waals surface area contributed by atoms with E-state index in [0.717, 1.165) is 59.3 Å². The number of piperidine rings is 1. The molecule has 0 unspecified atom stereocenters. The summed E-state index contributed by atoms with van der Waals surface area (Å²) in [5.41, 5.74) is 3.14. The zero-order chi connectivity index (χ0) is 20.2. The molecule has 0 atom stereocenters. The number of nitrogens with zero attached hydrogens (tertiary/aromatic N) is 4. The van der Waals surface area contributed by atoms with Crippen LogP contribution >= 0.6 is 11.3 Å². The number of rotatable bonds is 6. The van der Waals surface area contributed by atoms with E-state index in [9.17, 15) is 4.79 Å². The molecule has 1 aliphatic rings. The number of aryl methyl sites for hydroxylation is 1. The third kappa shape index (κ3) is 4.38. The van der Waals surface area contributed by atoms with E-state index in [-0.39, 0.29) is 12.5 Å². The van der Waals surface area contributed by atoms with Gasteiger partial charge in [0.25, 0.3) is 0 Å². The summed E-state index contributed by atoms with van der Waals surface area (Å²) in [6, 6.07) is 8.13. The van der Waals surface area contributed by atoms with Gasteiger partial charge in [-0.25, -0.2) is 15.0 Å². The van der Waals surface area contributed by atoms with Crippen LogP contribution in [-0.2, 0) is 16.0 Å². The average molecular weight is 412 g/mol. The van der Waals surface area contributed by atoms with E-state index in [2.05, 4.69) is 33.3 Å². The number of ether oxygens (including phenoxy) is 1. The molecule has 4 heterocycles. The minimum atomic E-state index is 0.0592. The van der Waals surface area contributed by atoms with Gasteiger partial charge in [-0.2, -0.15) is 0 Å². The first-order valence-electron chi connectivity index (χ1n) is 9.93. The Labute approximate surface area is 174 Å². The maximum atomic E-state index is 12.0. The number of methoxy groups -OCH3 is 1. The molecule has 0 spiro atoms. The van der Waals surface area contributed by atoms with Crippen molar-refractivity contribution < 1.29 is 9.53 Å². The number of aromatic nitrogens is 3. The summed E-state index contributed by atoms with van der Waals surface area (Å²) in [5, 5.41) is 4.21. The fraction of sp³-hybridized carbons (Fsp3) is 0.429. The number of fused-ring (bicyclic) bond motifs is 1. The summed E-state index contributed by atoms with van der Waals surface area (Å²) in [6.45, 7) is 3.73. The molecule has 29 heavy (non-hydrogen) atoms. The monoisotopic (exact) mass is 411 g/mol. The fourth-order valence-corrected chi connectivity index (χ4v) is 4.57. The summed E-state index contributed by atoms with van der Waals surface area (Å²) in [7, 11) is 1.55. The van der Waals surface area contributed by atoms with E-state index < -0.39 is 0 Å². The summed E-state index contributed by atoms with van der Waals surface area (Å²) >= 11 is 1.55. The first-order chi connectivity index (χ1) is 14.2. The average Bonchev–Trinajstić information content (AvgIpc) is 3.16. The van der Waals surface area contributed by atoms with E-state index in [1.165, 1.54) is 5.56 Å². The van der Waals surface area contributed by atoms with Crippen molar-refractivity contribution >= 4 is 38.5 Å². The highest BCUT2D eigenvalue weighted by Crippen LogP contribution is 2.34. The van der Waals surface area contributed by atoms with E-state index in [1.54, 1.807) is 24.6 Å². The van der Waals surface area contributed by atoms with Gasteiger partial charge in [0.15, 0.2) is 5.13 Å². The van der Waals surface area contributed by atoms with E-state index in [4.69, 9.17) is 4.74 Å². The molecule has 0 bridgehead atoms. The molecular weight excluding hydrogens is 386 g/mol. The molecule has 8 heteroatoms.